The van der Waals surface area contributed by atoms with Crippen LogP contribution in [0, 0.1) is 0 Å². The van der Waals surface area contributed by atoms with E-state index >= 15 is 0 Å². The summed E-state index contributed by atoms with van der Waals surface area (Å²) in [5.74, 6) is -0.624. The van der Waals surface area contributed by atoms with E-state index in [4.69, 9.17) is 4.74 Å². The number of likely N-dealkylation sites (N-methyl/N-ethyl adjacent to an activating group) is 1. The van der Waals surface area contributed by atoms with Crippen LogP contribution in [0.1, 0.15) is 29.0 Å². The summed E-state index contributed by atoms with van der Waals surface area (Å²) in [6, 6.07) is 7.40. The standard InChI is InChI=1S/C18H21NO4S2/c1-19-11-8-12(10-13(19)14(20)9-11)23-17(21)18(22,15-4-2-6-24-15)16-5-3-7-25-16/h2-7,11-14,20,22H,8-10H2,1H3/t11-,12-,13+,14-/m1/s1. The molecule has 0 saturated carbocycles. The molecule has 2 aliphatic heterocycles. The number of piperidine rings is 1. The molecule has 25 heavy (non-hydrogen) atoms. The predicted molar refractivity (Wildman–Crippen MR) is 96.7 cm³/mol. The van der Waals surface area contributed by atoms with Gasteiger partial charge in [0.1, 0.15) is 6.10 Å². The van der Waals surface area contributed by atoms with E-state index in [-0.39, 0.29) is 24.3 Å². The second-order valence-corrected chi connectivity index (χ2v) is 8.75. The van der Waals surface area contributed by atoms with Crippen molar-refractivity contribution < 1.29 is 19.7 Å². The number of thiophene rings is 2. The highest BCUT2D eigenvalue weighted by Gasteiger charge is 2.49. The fourth-order valence-corrected chi connectivity index (χ4v) is 5.74. The van der Waals surface area contributed by atoms with E-state index in [1.807, 2.05) is 29.9 Å². The lowest BCUT2D eigenvalue weighted by Gasteiger charge is -2.37. The van der Waals surface area contributed by atoms with Crippen LogP contribution in [-0.2, 0) is 15.1 Å². The highest BCUT2D eigenvalue weighted by molar-refractivity contribution is 7.12. The van der Waals surface area contributed by atoms with Crippen LogP contribution in [0.3, 0.4) is 0 Å². The summed E-state index contributed by atoms with van der Waals surface area (Å²) in [6.07, 6.45) is 1.37. The van der Waals surface area contributed by atoms with Crippen molar-refractivity contribution in [2.45, 2.75) is 49.2 Å². The monoisotopic (exact) mass is 379 g/mol. The molecule has 2 aromatic rings. The molecule has 0 amide bonds. The Bertz CT molecular complexity index is 696. The molecule has 2 bridgehead atoms. The van der Waals surface area contributed by atoms with Crippen LogP contribution >= 0.6 is 22.7 Å². The summed E-state index contributed by atoms with van der Waals surface area (Å²) in [6.45, 7) is 0. The summed E-state index contributed by atoms with van der Waals surface area (Å²) < 4.78 is 5.77. The maximum Gasteiger partial charge on any atom is 0.349 e. The number of aliphatic hydroxyl groups is 2. The van der Waals surface area contributed by atoms with Gasteiger partial charge in [0.05, 0.1) is 15.9 Å². The van der Waals surface area contributed by atoms with Crippen molar-refractivity contribution in [2.24, 2.45) is 0 Å². The molecule has 134 valence electrons. The van der Waals surface area contributed by atoms with Crippen LogP contribution in [0.25, 0.3) is 0 Å². The van der Waals surface area contributed by atoms with Gasteiger partial charge >= 0.3 is 5.97 Å². The Morgan fingerprint density at radius 1 is 1.20 bits per heavy atom. The van der Waals surface area contributed by atoms with Crippen LogP contribution in [0.15, 0.2) is 35.0 Å². The number of aliphatic hydroxyl groups excluding tert-OH is 1. The van der Waals surface area contributed by atoms with Gasteiger partial charge in [-0.3, -0.25) is 4.90 Å². The Labute approximate surface area is 154 Å². The first-order valence-electron chi connectivity index (χ1n) is 8.41. The van der Waals surface area contributed by atoms with Crippen molar-refractivity contribution in [2.75, 3.05) is 7.05 Å². The van der Waals surface area contributed by atoms with Gasteiger partial charge in [-0.15, -0.1) is 22.7 Å². The van der Waals surface area contributed by atoms with Crippen molar-refractivity contribution in [3.8, 4) is 0 Å². The fraction of sp³-hybridized carbons (Fsp3) is 0.500. The van der Waals surface area contributed by atoms with E-state index in [1.54, 1.807) is 12.1 Å². The number of carbonyl (C=O) groups is 1. The molecule has 0 radical (unpaired) electrons. The molecule has 5 nitrogen and oxygen atoms in total. The van der Waals surface area contributed by atoms with Gasteiger partial charge in [-0.25, -0.2) is 4.79 Å². The SMILES string of the molecule is CN1[C@@H]2C[C@@H](OC(=O)C(O)(c3cccs3)c3cccs3)C[C@H]1[C@H](O)C2. The third kappa shape index (κ3) is 2.84. The first kappa shape index (κ1) is 17.2. The van der Waals surface area contributed by atoms with Gasteiger partial charge < -0.3 is 14.9 Å². The molecule has 0 spiro atoms. The van der Waals surface area contributed by atoms with E-state index in [2.05, 4.69) is 4.90 Å². The summed E-state index contributed by atoms with van der Waals surface area (Å²) in [5.41, 5.74) is -1.76. The lowest BCUT2D eigenvalue weighted by molar-refractivity contribution is -0.170. The van der Waals surface area contributed by atoms with Crippen LogP contribution in [-0.4, -0.2) is 52.4 Å². The largest absolute Gasteiger partial charge is 0.460 e. The van der Waals surface area contributed by atoms with Crippen molar-refractivity contribution in [1.82, 2.24) is 4.90 Å². The molecule has 7 heteroatoms. The Morgan fingerprint density at radius 2 is 1.84 bits per heavy atom. The number of hydrogen-bond donors (Lipinski definition) is 2. The lowest BCUT2D eigenvalue weighted by Crippen LogP contribution is -2.47. The highest BCUT2D eigenvalue weighted by Crippen LogP contribution is 2.40. The zero-order valence-corrected chi connectivity index (χ0v) is 15.5. The predicted octanol–water partition coefficient (Wildman–Crippen LogP) is 2.18. The summed E-state index contributed by atoms with van der Waals surface area (Å²) in [5, 5.41) is 25.1. The highest BCUT2D eigenvalue weighted by atomic mass is 32.1. The Morgan fingerprint density at radius 3 is 2.36 bits per heavy atom. The first-order valence-corrected chi connectivity index (χ1v) is 10.2. The second-order valence-electron chi connectivity index (χ2n) is 6.85. The molecular weight excluding hydrogens is 358 g/mol. The van der Waals surface area contributed by atoms with Crippen LogP contribution in [0.4, 0.5) is 0 Å². The number of carbonyl (C=O) groups excluding carboxylic acids is 1. The van der Waals surface area contributed by atoms with Crippen molar-refractivity contribution >= 4 is 28.6 Å². The Kier molecular flexibility index (Phi) is 4.45. The molecule has 2 fully saturated rings. The van der Waals surface area contributed by atoms with E-state index in [1.165, 1.54) is 22.7 Å². The average Bonchev–Trinajstić information content (AvgIpc) is 3.32. The Balaban J connectivity index is 1.57. The van der Waals surface area contributed by atoms with E-state index in [0.29, 0.717) is 22.6 Å². The molecule has 0 unspecified atom stereocenters. The quantitative estimate of drug-likeness (QED) is 0.797. The molecule has 2 saturated heterocycles. The number of esters is 1. The number of hydrogen-bond acceptors (Lipinski definition) is 7. The number of ether oxygens (including phenoxy) is 1. The normalized spacial score (nSPS) is 29.7. The van der Waals surface area contributed by atoms with Gasteiger partial charge in [0.2, 0.25) is 5.60 Å². The van der Waals surface area contributed by atoms with E-state index < -0.39 is 11.6 Å². The fourth-order valence-electron chi connectivity index (χ4n) is 4.02. The molecule has 2 aromatic heterocycles. The Hall–Kier alpha value is -1.25. The molecule has 4 heterocycles. The molecule has 0 aromatic carbocycles. The van der Waals surface area contributed by atoms with Gasteiger partial charge in [0.15, 0.2) is 0 Å². The number of rotatable bonds is 4. The van der Waals surface area contributed by atoms with Crippen molar-refractivity contribution in [1.29, 1.82) is 0 Å². The zero-order chi connectivity index (χ0) is 17.6. The minimum atomic E-state index is -1.76. The summed E-state index contributed by atoms with van der Waals surface area (Å²) >= 11 is 2.68. The number of nitrogens with zero attached hydrogens (tertiary/aromatic N) is 1. The maximum absolute atomic E-state index is 13.0. The third-order valence-corrected chi connectivity index (χ3v) is 7.38. The number of fused-ring (bicyclic) bond motifs is 2. The third-order valence-electron chi connectivity index (χ3n) is 5.42. The van der Waals surface area contributed by atoms with Crippen molar-refractivity contribution in [3.63, 3.8) is 0 Å². The first-order chi connectivity index (χ1) is 12.0. The van der Waals surface area contributed by atoms with Gasteiger partial charge in [-0.1, -0.05) is 12.1 Å². The zero-order valence-electron chi connectivity index (χ0n) is 13.9. The minimum absolute atomic E-state index is 0.0214. The molecule has 4 atom stereocenters. The van der Waals surface area contributed by atoms with Crippen LogP contribution < -0.4 is 0 Å². The summed E-state index contributed by atoms with van der Waals surface area (Å²) in [7, 11) is 2.01. The van der Waals surface area contributed by atoms with Gasteiger partial charge in [0, 0.05) is 24.9 Å². The minimum Gasteiger partial charge on any atom is -0.460 e. The maximum atomic E-state index is 13.0. The lowest BCUT2D eigenvalue weighted by atomic mass is 9.97. The average molecular weight is 380 g/mol. The van der Waals surface area contributed by atoms with Gasteiger partial charge in [0.25, 0.3) is 0 Å². The smallest absolute Gasteiger partial charge is 0.349 e. The molecular formula is C18H21NO4S2. The van der Waals surface area contributed by atoms with Crippen LogP contribution in [0.5, 0.6) is 0 Å². The second kappa shape index (κ2) is 6.48. The van der Waals surface area contributed by atoms with Gasteiger partial charge in [-0.2, -0.15) is 0 Å². The van der Waals surface area contributed by atoms with Crippen LogP contribution in [0.2, 0.25) is 0 Å². The van der Waals surface area contributed by atoms with E-state index in [9.17, 15) is 15.0 Å². The molecule has 0 aliphatic carbocycles. The summed E-state index contributed by atoms with van der Waals surface area (Å²) in [4.78, 5) is 16.3. The van der Waals surface area contributed by atoms with Gasteiger partial charge in [-0.05, 0) is 36.4 Å². The molecule has 2 N–H and O–H groups in total. The van der Waals surface area contributed by atoms with Crippen molar-refractivity contribution in [3.05, 3.63) is 44.8 Å². The molecule has 4 rings (SSSR count). The van der Waals surface area contributed by atoms with E-state index in [0.717, 1.165) is 6.42 Å². The molecule has 2 aliphatic rings. The topological polar surface area (TPSA) is 70.0 Å².